The summed E-state index contributed by atoms with van der Waals surface area (Å²) >= 11 is 0. The van der Waals surface area contributed by atoms with Crippen LogP contribution in [0.1, 0.15) is 45.4 Å². The van der Waals surface area contributed by atoms with E-state index in [0.29, 0.717) is 19.3 Å². The van der Waals surface area contributed by atoms with Crippen molar-refractivity contribution < 1.29 is 31.4 Å². The molecule has 2 atom stereocenters. The maximum Gasteiger partial charge on any atom is 0.426 e. The van der Waals surface area contributed by atoms with E-state index in [1.54, 1.807) is 0 Å². The van der Waals surface area contributed by atoms with Gasteiger partial charge in [-0.15, -0.1) is 0 Å². The number of fused-ring (bicyclic) bond motifs is 2. The molecule has 0 heterocycles. The van der Waals surface area contributed by atoms with Gasteiger partial charge in [-0.2, -0.15) is 26.3 Å². The Morgan fingerprint density at radius 2 is 1.30 bits per heavy atom. The van der Waals surface area contributed by atoms with Crippen molar-refractivity contribution in [1.29, 1.82) is 0 Å². The minimum atomic E-state index is -5.72. The molecule has 0 saturated heterocycles. The summed E-state index contributed by atoms with van der Waals surface area (Å²) in [6, 6.07) is 0. The lowest BCUT2D eigenvalue weighted by molar-refractivity contribution is -0.407. The van der Waals surface area contributed by atoms with Crippen LogP contribution in [0.15, 0.2) is 0 Å². The van der Waals surface area contributed by atoms with Crippen LogP contribution in [0.3, 0.4) is 0 Å². The van der Waals surface area contributed by atoms with Gasteiger partial charge in [0, 0.05) is 5.41 Å². The first-order valence-corrected chi connectivity index (χ1v) is 6.76. The van der Waals surface area contributed by atoms with Crippen LogP contribution in [-0.4, -0.2) is 23.1 Å². The zero-order valence-electron chi connectivity index (χ0n) is 11.1. The van der Waals surface area contributed by atoms with Crippen molar-refractivity contribution in [3.63, 3.8) is 0 Å². The molecule has 2 aliphatic carbocycles. The van der Waals surface area contributed by atoms with Crippen LogP contribution in [0.25, 0.3) is 0 Å². The molecule has 0 amide bonds. The van der Waals surface area contributed by atoms with E-state index in [0.717, 1.165) is 13.3 Å². The Morgan fingerprint density at radius 1 is 0.900 bits per heavy atom. The maximum absolute atomic E-state index is 13.0. The van der Waals surface area contributed by atoms with E-state index in [1.165, 1.54) is 0 Å². The van der Waals surface area contributed by atoms with Gasteiger partial charge in [0.2, 0.25) is 0 Å². The van der Waals surface area contributed by atoms with Gasteiger partial charge < -0.3 is 5.11 Å². The van der Waals surface area contributed by atoms with Crippen LogP contribution in [-0.2, 0) is 0 Å². The average Bonchev–Trinajstić information content (AvgIpc) is 2.23. The first-order valence-electron chi connectivity index (χ1n) is 6.76. The molecule has 7 heteroatoms. The van der Waals surface area contributed by atoms with Gasteiger partial charge in [-0.1, -0.05) is 26.2 Å². The van der Waals surface area contributed by atoms with Crippen LogP contribution >= 0.6 is 0 Å². The summed E-state index contributed by atoms with van der Waals surface area (Å²) < 4.78 is 78.2. The number of hydrogen-bond donors (Lipinski definition) is 1. The van der Waals surface area contributed by atoms with Crippen molar-refractivity contribution in [3.05, 3.63) is 0 Å². The molecule has 2 bridgehead atoms. The molecule has 0 aromatic rings. The molecule has 1 nitrogen and oxygen atoms in total. The Hall–Kier alpha value is -0.460. The zero-order chi connectivity index (χ0) is 15.4. The standard InChI is InChI=1S/C13H18F6O/c1-10(6-8-3-2-4-9(5-8)7-10)11(20,12(14,15)16)13(17,18)19/h8-9,20H,2-7H2,1H3. The fourth-order valence-corrected chi connectivity index (χ4v) is 4.27. The van der Waals surface area contributed by atoms with Crippen molar-refractivity contribution in [2.75, 3.05) is 0 Å². The predicted molar refractivity (Wildman–Crippen MR) is 59.8 cm³/mol. The van der Waals surface area contributed by atoms with E-state index in [2.05, 4.69) is 0 Å². The van der Waals surface area contributed by atoms with E-state index in [-0.39, 0.29) is 24.7 Å². The first-order chi connectivity index (χ1) is 8.91. The Balaban J connectivity index is 2.43. The number of aliphatic hydroxyl groups is 1. The van der Waals surface area contributed by atoms with E-state index in [1.807, 2.05) is 0 Å². The molecule has 2 saturated carbocycles. The lowest BCUT2D eigenvalue weighted by atomic mass is 9.55. The molecule has 2 rings (SSSR count). The molecule has 20 heavy (non-hydrogen) atoms. The van der Waals surface area contributed by atoms with Gasteiger partial charge in [-0.25, -0.2) is 0 Å². The number of hydrogen-bond acceptors (Lipinski definition) is 1. The lowest BCUT2D eigenvalue weighted by Crippen LogP contribution is -2.67. The Morgan fingerprint density at radius 3 is 1.65 bits per heavy atom. The monoisotopic (exact) mass is 304 g/mol. The maximum atomic E-state index is 13.0. The SMILES string of the molecule is CC1(C(O)(C(F)(F)F)C(F)(F)F)CC2CCCC(C2)C1. The van der Waals surface area contributed by atoms with Crippen LogP contribution in [0.5, 0.6) is 0 Å². The molecule has 118 valence electrons. The van der Waals surface area contributed by atoms with Gasteiger partial charge in [0.25, 0.3) is 5.60 Å². The summed E-state index contributed by atoms with van der Waals surface area (Å²) in [5.41, 5.74) is -6.82. The fourth-order valence-electron chi connectivity index (χ4n) is 4.27. The molecule has 0 spiro atoms. The summed E-state index contributed by atoms with van der Waals surface area (Å²) in [5, 5.41) is 9.67. The molecular formula is C13H18F6O. The largest absolute Gasteiger partial charge is 0.426 e. The third-order valence-electron chi connectivity index (χ3n) is 5.06. The van der Waals surface area contributed by atoms with Gasteiger partial charge in [0.15, 0.2) is 0 Å². The summed E-state index contributed by atoms with van der Waals surface area (Å²) in [6.07, 6.45) is -9.05. The van der Waals surface area contributed by atoms with Crippen molar-refractivity contribution in [3.8, 4) is 0 Å². The van der Waals surface area contributed by atoms with E-state index in [4.69, 9.17) is 0 Å². The summed E-state index contributed by atoms with van der Waals surface area (Å²) in [5.74, 6) is -0.299. The van der Waals surface area contributed by atoms with Crippen molar-refractivity contribution >= 4 is 0 Å². The third-order valence-corrected chi connectivity index (χ3v) is 5.06. The molecule has 2 fully saturated rings. The van der Waals surface area contributed by atoms with Gasteiger partial charge in [0.1, 0.15) is 0 Å². The highest BCUT2D eigenvalue weighted by Gasteiger charge is 2.78. The second-order valence-electron chi connectivity index (χ2n) is 6.57. The van der Waals surface area contributed by atoms with E-state index in [9.17, 15) is 31.4 Å². The van der Waals surface area contributed by atoms with Crippen molar-refractivity contribution in [2.24, 2.45) is 17.3 Å². The topological polar surface area (TPSA) is 20.2 Å². The minimum Gasteiger partial charge on any atom is -0.373 e. The van der Waals surface area contributed by atoms with Crippen LogP contribution in [0, 0.1) is 17.3 Å². The lowest BCUT2D eigenvalue weighted by Gasteiger charge is -2.53. The highest BCUT2D eigenvalue weighted by atomic mass is 19.4. The molecule has 0 aromatic heterocycles. The van der Waals surface area contributed by atoms with Crippen LogP contribution in [0.4, 0.5) is 26.3 Å². The van der Waals surface area contributed by atoms with Crippen molar-refractivity contribution in [2.45, 2.75) is 63.4 Å². The molecule has 0 aliphatic heterocycles. The van der Waals surface area contributed by atoms with Crippen molar-refractivity contribution in [1.82, 2.24) is 0 Å². The molecule has 2 aliphatic rings. The van der Waals surface area contributed by atoms with E-state index >= 15 is 0 Å². The number of rotatable bonds is 1. The average molecular weight is 304 g/mol. The summed E-state index contributed by atoms with van der Waals surface area (Å²) in [4.78, 5) is 0. The quantitative estimate of drug-likeness (QED) is 0.710. The van der Waals surface area contributed by atoms with E-state index < -0.39 is 23.4 Å². The fraction of sp³-hybridized carbons (Fsp3) is 1.00. The zero-order valence-corrected chi connectivity index (χ0v) is 11.1. The third kappa shape index (κ3) is 2.22. The molecule has 0 aromatic carbocycles. The molecular weight excluding hydrogens is 286 g/mol. The molecule has 0 radical (unpaired) electrons. The Kier molecular flexibility index (Phi) is 3.59. The Labute approximate surface area is 113 Å². The summed E-state index contributed by atoms with van der Waals surface area (Å²) in [7, 11) is 0. The highest BCUT2D eigenvalue weighted by molar-refractivity contribution is 5.09. The summed E-state index contributed by atoms with van der Waals surface area (Å²) in [6.45, 7) is 0.943. The molecule has 2 unspecified atom stereocenters. The van der Waals surface area contributed by atoms with Crippen LogP contribution in [0.2, 0.25) is 0 Å². The second-order valence-corrected chi connectivity index (χ2v) is 6.57. The predicted octanol–water partition coefficient (Wildman–Crippen LogP) is 4.45. The van der Waals surface area contributed by atoms with Gasteiger partial charge in [-0.3, -0.25) is 0 Å². The normalized spacial score (nSPS) is 36.0. The van der Waals surface area contributed by atoms with Gasteiger partial charge >= 0.3 is 12.4 Å². The highest BCUT2D eigenvalue weighted by Crippen LogP contribution is 2.61. The van der Waals surface area contributed by atoms with Gasteiger partial charge in [0.05, 0.1) is 0 Å². The second kappa shape index (κ2) is 4.52. The Bertz CT molecular complexity index is 346. The molecule has 1 N–H and O–H groups in total. The smallest absolute Gasteiger partial charge is 0.373 e. The number of alkyl halides is 6. The number of halogens is 6. The minimum absolute atomic E-state index is 0.149. The van der Waals surface area contributed by atoms with Crippen LogP contribution < -0.4 is 0 Å². The first kappa shape index (κ1) is 15.9. The van der Waals surface area contributed by atoms with Gasteiger partial charge in [-0.05, 0) is 31.1 Å².